The molecule has 0 saturated carbocycles. The van der Waals surface area contributed by atoms with Crippen LogP contribution in [0.15, 0.2) is 24.3 Å². The second kappa shape index (κ2) is 19.4. The van der Waals surface area contributed by atoms with Gasteiger partial charge in [0.05, 0.1) is 6.61 Å². The lowest BCUT2D eigenvalue weighted by Crippen LogP contribution is -2.40. The molecule has 7 heteroatoms. The Balaban J connectivity index is 1.86. The van der Waals surface area contributed by atoms with E-state index in [2.05, 4.69) is 17.6 Å². The summed E-state index contributed by atoms with van der Waals surface area (Å²) in [5.41, 5.74) is 0. The van der Waals surface area contributed by atoms with E-state index in [-0.39, 0.29) is 5.75 Å². The third kappa shape index (κ3) is 15.5. The number of carbonyl (C=O) groups is 2. The summed E-state index contributed by atoms with van der Waals surface area (Å²) in [5, 5.41) is 14.5. The SMILES string of the molecule is CCCCCCCCOCCCCCCNC(=O)C(=O)NCCCOc1ccc(O)cc1. The minimum Gasteiger partial charge on any atom is -0.508 e. The van der Waals surface area contributed by atoms with Crippen molar-refractivity contribution in [2.75, 3.05) is 32.9 Å². The molecule has 0 spiro atoms. The van der Waals surface area contributed by atoms with E-state index in [1.165, 1.54) is 32.1 Å². The molecule has 0 atom stereocenters. The van der Waals surface area contributed by atoms with Crippen LogP contribution >= 0.6 is 0 Å². The van der Waals surface area contributed by atoms with E-state index in [1.54, 1.807) is 24.3 Å². The van der Waals surface area contributed by atoms with Crippen molar-refractivity contribution in [2.24, 2.45) is 0 Å². The first-order valence-corrected chi connectivity index (χ1v) is 12.2. The molecule has 1 aromatic carbocycles. The lowest BCUT2D eigenvalue weighted by Gasteiger charge is -2.08. The number of unbranched alkanes of at least 4 members (excludes halogenated alkanes) is 8. The van der Waals surface area contributed by atoms with Crippen LogP contribution in [0.25, 0.3) is 0 Å². The summed E-state index contributed by atoms with van der Waals surface area (Å²) in [7, 11) is 0. The molecule has 7 nitrogen and oxygen atoms in total. The van der Waals surface area contributed by atoms with Crippen LogP contribution in [-0.2, 0) is 14.3 Å². The highest BCUT2D eigenvalue weighted by atomic mass is 16.5. The van der Waals surface area contributed by atoms with Gasteiger partial charge < -0.3 is 25.2 Å². The molecule has 182 valence electrons. The minimum absolute atomic E-state index is 0.184. The van der Waals surface area contributed by atoms with Crippen molar-refractivity contribution in [3.63, 3.8) is 0 Å². The Hall–Kier alpha value is -2.28. The molecule has 0 aromatic heterocycles. The lowest BCUT2D eigenvalue weighted by molar-refractivity contribution is -0.139. The van der Waals surface area contributed by atoms with Gasteiger partial charge in [0.25, 0.3) is 0 Å². The molecule has 0 aliphatic carbocycles. The summed E-state index contributed by atoms with van der Waals surface area (Å²) in [5.74, 6) is -0.371. The zero-order chi connectivity index (χ0) is 23.3. The normalized spacial score (nSPS) is 10.7. The minimum atomic E-state index is -0.613. The number of carbonyl (C=O) groups excluding carboxylic acids is 2. The Bertz CT molecular complexity index is 607. The highest BCUT2D eigenvalue weighted by Gasteiger charge is 2.11. The Labute approximate surface area is 193 Å². The molecule has 2 amide bonds. The Morgan fingerprint density at radius 2 is 1.25 bits per heavy atom. The Kier molecular flexibility index (Phi) is 16.8. The van der Waals surface area contributed by atoms with Gasteiger partial charge in [-0.15, -0.1) is 0 Å². The molecular formula is C25H42N2O5. The second-order valence-electron chi connectivity index (χ2n) is 8.00. The topological polar surface area (TPSA) is 96.9 Å². The van der Waals surface area contributed by atoms with Crippen LogP contribution in [0.1, 0.15) is 77.6 Å². The number of hydrogen-bond donors (Lipinski definition) is 3. The summed E-state index contributed by atoms with van der Waals surface area (Å²) in [4.78, 5) is 23.6. The Morgan fingerprint density at radius 1 is 0.719 bits per heavy atom. The maximum Gasteiger partial charge on any atom is 0.309 e. The van der Waals surface area contributed by atoms with Gasteiger partial charge in [-0.1, -0.05) is 51.9 Å². The largest absolute Gasteiger partial charge is 0.508 e. The molecule has 3 N–H and O–H groups in total. The third-order valence-corrected chi connectivity index (χ3v) is 5.06. The van der Waals surface area contributed by atoms with Gasteiger partial charge in [-0.05, 0) is 49.9 Å². The maximum absolute atomic E-state index is 11.8. The van der Waals surface area contributed by atoms with Gasteiger partial charge >= 0.3 is 11.8 Å². The van der Waals surface area contributed by atoms with Crippen LogP contribution in [0, 0.1) is 0 Å². The number of hydrogen-bond acceptors (Lipinski definition) is 5. The zero-order valence-corrected chi connectivity index (χ0v) is 19.7. The molecule has 0 radical (unpaired) electrons. The van der Waals surface area contributed by atoms with Crippen molar-refractivity contribution < 1.29 is 24.2 Å². The van der Waals surface area contributed by atoms with Crippen LogP contribution in [0.2, 0.25) is 0 Å². The molecule has 1 aromatic rings. The first-order chi connectivity index (χ1) is 15.6. The molecule has 0 bridgehead atoms. The molecule has 0 aliphatic rings. The van der Waals surface area contributed by atoms with E-state index in [9.17, 15) is 14.7 Å². The van der Waals surface area contributed by atoms with Crippen molar-refractivity contribution >= 4 is 11.8 Å². The molecule has 32 heavy (non-hydrogen) atoms. The average Bonchev–Trinajstić information content (AvgIpc) is 2.80. The summed E-state index contributed by atoms with van der Waals surface area (Å²) in [6, 6.07) is 6.44. The smallest absolute Gasteiger partial charge is 0.309 e. The van der Waals surface area contributed by atoms with Gasteiger partial charge in [0.2, 0.25) is 0 Å². The van der Waals surface area contributed by atoms with E-state index in [4.69, 9.17) is 9.47 Å². The summed E-state index contributed by atoms with van der Waals surface area (Å²) >= 11 is 0. The number of benzene rings is 1. The predicted molar refractivity (Wildman–Crippen MR) is 127 cm³/mol. The van der Waals surface area contributed by atoms with E-state index in [0.717, 1.165) is 45.3 Å². The highest BCUT2D eigenvalue weighted by Crippen LogP contribution is 2.15. The van der Waals surface area contributed by atoms with Gasteiger partial charge in [-0.2, -0.15) is 0 Å². The van der Waals surface area contributed by atoms with Crippen LogP contribution < -0.4 is 15.4 Å². The van der Waals surface area contributed by atoms with Gasteiger partial charge in [0, 0.05) is 26.3 Å². The van der Waals surface area contributed by atoms with Gasteiger partial charge in [0.15, 0.2) is 0 Å². The van der Waals surface area contributed by atoms with E-state index >= 15 is 0 Å². The summed E-state index contributed by atoms with van der Waals surface area (Å²) in [6.45, 7) is 5.18. The monoisotopic (exact) mass is 450 g/mol. The number of amides is 2. The van der Waals surface area contributed by atoms with Gasteiger partial charge in [0.1, 0.15) is 11.5 Å². The standard InChI is InChI=1S/C25H42N2O5/c1-2-3-4-5-7-10-19-31-20-11-8-6-9-17-26-24(29)25(30)27-18-12-21-32-23-15-13-22(28)14-16-23/h13-16,28H,2-12,17-21H2,1H3,(H,26,29)(H,27,30). The van der Waals surface area contributed by atoms with Crippen LogP contribution in [-0.4, -0.2) is 49.8 Å². The molecule has 0 heterocycles. The fourth-order valence-electron chi connectivity index (χ4n) is 3.14. The average molecular weight is 451 g/mol. The Morgan fingerprint density at radius 3 is 1.88 bits per heavy atom. The summed E-state index contributed by atoms with van der Waals surface area (Å²) < 4.78 is 11.1. The number of nitrogens with one attached hydrogen (secondary N) is 2. The number of ether oxygens (including phenoxy) is 2. The quantitative estimate of drug-likeness (QED) is 0.215. The summed E-state index contributed by atoms with van der Waals surface area (Å²) in [6.07, 6.45) is 12.3. The van der Waals surface area contributed by atoms with Gasteiger partial charge in [-0.25, -0.2) is 0 Å². The fraction of sp³-hybridized carbons (Fsp3) is 0.680. The second-order valence-corrected chi connectivity index (χ2v) is 8.00. The van der Waals surface area contributed by atoms with Crippen molar-refractivity contribution in [1.82, 2.24) is 10.6 Å². The number of rotatable bonds is 19. The van der Waals surface area contributed by atoms with E-state index < -0.39 is 11.8 Å². The van der Waals surface area contributed by atoms with E-state index in [0.29, 0.717) is 31.9 Å². The van der Waals surface area contributed by atoms with Crippen molar-refractivity contribution in [3.8, 4) is 11.5 Å². The zero-order valence-electron chi connectivity index (χ0n) is 19.7. The van der Waals surface area contributed by atoms with E-state index in [1.807, 2.05) is 0 Å². The fourth-order valence-corrected chi connectivity index (χ4v) is 3.14. The third-order valence-electron chi connectivity index (χ3n) is 5.06. The first-order valence-electron chi connectivity index (χ1n) is 12.2. The van der Waals surface area contributed by atoms with Crippen molar-refractivity contribution in [3.05, 3.63) is 24.3 Å². The molecule has 0 aliphatic heterocycles. The molecule has 0 unspecified atom stereocenters. The van der Waals surface area contributed by atoms with Crippen LogP contribution in [0.4, 0.5) is 0 Å². The molecule has 1 rings (SSSR count). The molecular weight excluding hydrogens is 408 g/mol. The highest BCUT2D eigenvalue weighted by molar-refractivity contribution is 6.35. The molecule has 0 saturated heterocycles. The van der Waals surface area contributed by atoms with Crippen LogP contribution in [0.3, 0.4) is 0 Å². The number of aromatic hydroxyl groups is 1. The van der Waals surface area contributed by atoms with Gasteiger partial charge in [-0.3, -0.25) is 9.59 Å². The van der Waals surface area contributed by atoms with Crippen molar-refractivity contribution in [1.29, 1.82) is 0 Å². The number of phenolic OH excluding ortho intramolecular Hbond substituents is 1. The number of phenols is 1. The lowest BCUT2D eigenvalue weighted by atomic mass is 10.1. The first kappa shape index (κ1) is 27.8. The molecule has 0 fully saturated rings. The van der Waals surface area contributed by atoms with Crippen molar-refractivity contribution in [2.45, 2.75) is 77.6 Å². The maximum atomic E-state index is 11.8. The predicted octanol–water partition coefficient (Wildman–Crippen LogP) is 4.33. The van der Waals surface area contributed by atoms with Crippen LogP contribution in [0.5, 0.6) is 11.5 Å².